The maximum atomic E-state index is 5.93. The molecule has 0 spiro atoms. The zero-order valence-corrected chi connectivity index (χ0v) is 13.1. The van der Waals surface area contributed by atoms with Gasteiger partial charge in [0.2, 0.25) is 0 Å². The van der Waals surface area contributed by atoms with Gasteiger partial charge in [-0.1, -0.05) is 27.5 Å². The second kappa shape index (κ2) is 6.06. The van der Waals surface area contributed by atoms with Crippen molar-refractivity contribution in [3.8, 4) is 0 Å². The minimum absolute atomic E-state index is 0.792. The van der Waals surface area contributed by atoms with Crippen LogP contribution in [-0.4, -0.2) is 11.9 Å². The average Bonchev–Trinajstić information content (AvgIpc) is 2.69. The van der Waals surface area contributed by atoms with Crippen molar-refractivity contribution in [3.63, 3.8) is 0 Å². The molecule has 0 atom stereocenters. The number of hydrogen-bond acceptors (Lipinski definition) is 3. The number of halogens is 2. The molecule has 2 rings (SSSR count). The van der Waals surface area contributed by atoms with Gasteiger partial charge >= 0.3 is 0 Å². The molecule has 0 bridgehead atoms. The van der Waals surface area contributed by atoms with Crippen molar-refractivity contribution in [2.75, 3.05) is 12.8 Å². The molecule has 0 saturated heterocycles. The SMILES string of the molecule is CN(Cc1ccc(Cl)s1)Cc1cc(N)ccc1Br. The summed E-state index contributed by atoms with van der Waals surface area (Å²) < 4.78 is 1.93. The number of rotatable bonds is 4. The molecule has 2 nitrogen and oxygen atoms in total. The van der Waals surface area contributed by atoms with E-state index in [-0.39, 0.29) is 0 Å². The topological polar surface area (TPSA) is 29.3 Å². The molecule has 0 fully saturated rings. The van der Waals surface area contributed by atoms with Crippen LogP contribution in [0.3, 0.4) is 0 Å². The maximum Gasteiger partial charge on any atom is 0.0931 e. The van der Waals surface area contributed by atoms with Gasteiger partial charge < -0.3 is 5.73 Å². The van der Waals surface area contributed by atoms with Crippen LogP contribution in [0.4, 0.5) is 5.69 Å². The lowest BCUT2D eigenvalue weighted by atomic mass is 10.2. The van der Waals surface area contributed by atoms with Crippen molar-refractivity contribution in [2.24, 2.45) is 0 Å². The van der Waals surface area contributed by atoms with E-state index in [1.54, 1.807) is 11.3 Å². The van der Waals surface area contributed by atoms with E-state index < -0.39 is 0 Å². The number of thiophene rings is 1. The number of nitrogen functional groups attached to an aromatic ring is 1. The Labute approximate surface area is 124 Å². The van der Waals surface area contributed by atoms with Crippen LogP contribution in [0.5, 0.6) is 0 Å². The van der Waals surface area contributed by atoms with E-state index in [2.05, 4.69) is 33.9 Å². The molecule has 2 aromatic rings. The molecule has 1 aromatic carbocycles. The second-order valence-electron chi connectivity index (χ2n) is 4.23. The van der Waals surface area contributed by atoms with E-state index in [1.807, 2.05) is 24.3 Å². The summed E-state index contributed by atoms with van der Waals surface area (Å²) in [6.45, 7) is 1.74. The first-order chi connectivity index (χ1) is 8.54. The molecule has 0 aliphatic carbocycles. The fraction of sp³-hybridized carbons (Fsp3) is 0.231. The average molecular weight is 346 g/mol. The van der Waals surface area contributed by atoms with E-state index in [1.165, 1.54) is 10.4 Å². The molecule has 0 saturated carbocycles. The van der Waals surface area contributed by atoms with Crippen molar-refractivity contribution >= 4 is 44.6 Å². The van der Waals surface area contributed by atoms with E-state index in [0.717, 1.165) is 27.6 Å². The first kappa shape index (κ1) is 13.9. The summed E-state index contributed by atoms with van der Waals surface area (Å²) in [7, 11) is 2.09. The molecule has 0 aliphatic heterocycles. The second-order valence-corrected chi connectivity index (χ2v) is 6.88. The third-order valence-corrected chi connectivity index (χ3v) is 4.55. The molecule has 1 heterocycles. The van der Waals surface area contributed by atoms with Gasteiger partial charge in [0.1, 0.15) is 0 Å². The number of nitrogens with two attached hydrogens (primary N) is 1. The summed E-state index contributed by atoms with van der Waals surface area (Å²) in [6, 6.07) is 9.89. The minimum atomic E-state index is 0.792. The van der Waals surface area contributed by atoms with Crippen molar-refractivity contribution in [1.82, 2.24) is 4.90 Å². The van der Waals surface area contributed by atoms with Gasteiger partial charge in [-0.2, -0.15) is 0 Å². The normalized spacial score (nSPS) is 11.1. The van der Waals surface area contributed by atoms with Gasteiger partial charge in [-0.05, 0) is 42.9 Å². The van der Waals surface area contributed by atoms with Crippen molar-refractivity contribution in [1.29, 1.82) is 0 Å². The third-order valence-electron chi connectivity index (χ3n) is 2.56. The molecule has 0 aliphatic rings. The zero-order chi connectivity index (χ0) is 13.1. The first-order valence-corrected chi connectivity index (χ1v) is 7.50. The van der Waals surface area contributed by atoms with Crippen molar-refractivity contribution in [2.45, 2.75) is 13.1 Å². The van der Waals surface area contributed by atoms with Crippen LogP contribution in [0.25, 0.3) is 0 Å². The molecule has 0 radical (unpaired) electrons. The Morgan fingerprint density at radius 3 is 2.72 bits per heavy atom. The maximum absolute atomic E-state index is 5.93. The summed E-state index contributed by atoms with van der Waals surface area (Å²) in [6.07, 6.45) is 0. The Morgan fingerprint density at radius 1 is 1.28 bits per heavy atom. The summed E-state index contributed by atoms with van der Waals surface area (Å²) in [5.74, 6) is 0. The molecule has 5 heteroatoms. The van der Waals surface area contributed by atoms with E-state index in [9.17, 15) is 0 Å². The molecular formula is C13H14BrClN2S. The molecule has 96 valence electrons. The highest BCUT2D eigenvalue weighted by atomic mass is 79.9. The molecular weight excluding hydrogens is 332 g/mol. The molecule has 2 N–H and O–H groups in total. The van der Waals surface area contributed by atoms with Gasteiger partial charge in [0.25, 0.3) is 0 Å². The first-order valence-electron chi connectivity index (χ1n) is 5.51. The zero-order valence-electron chi connectivity index (χ0n) is 9.99. The lowest BCUT2D eigenvalue weighted by Gasteiger charge is -2.17. The lowest BCUT2D eigenvalue weighted by Crippen LogP contribution is -2.16. The Kier molecular flexibility index (Phi) is 4.67. The lowest BCUT2D eigenvalue weighted by molar-refractivity contribution is 0.321. The highest BCUT2D eigenvalue weighted by molar-refractivity contribution is 9.10. The number of benzene rings is 1. The van der Waals surface area contributed by atoms with Crippen LogP contribution in [0.1, 0.15) is 10.4 Å². The third kappa shape index (κ3) is 3.72. The van der Waals surface area contributed by atoms with Crippen molar-refractivity contribution < 1.29 is 0 Å². The van der Waals surface area contributed by atoms with E-state index >= 15 is 0 Å². The molecule has 1 aromatic heterocycles. The van der Waals surface area contributed by atoms with Crippen LogP contribution in [0, 0.1) is 0 Å². The Balaban J connectivity index is 2.02. The Morgan fingerprint density at radius 2 is 2.06 bits per heavy atom. The van der Waals surface area contributed by atoms with Crippen molar-refractivity contribution in [3.05, 3.63) is 49.6 Å². The molecule has 18 heavy (non-hydrogen) atoms. The fourth-order valence-corrected chi connectivity index (χ4v) is 3.31. The summed E-state index contributed by atoms with van der Waals surface area (Å²) in [5.41, 5.74) is 7.79. The largest absolute Gasteiger partial charge is 0.399 e. The smallest absolute Gasteiger partial charge is 0.0931 e. The van der Waals surface area contributed by atoms with Crippen LogP contribution in [0.2, 0.25) is 4.34 Å². The summed E-state index contributed by atoms with van der Waals surface area (Å²) >= 11 is 11.1. The fourth-order valence-electron chi connectivity index (χ4n) is 1.77. The number of anilines is 1. The summed E-state index contributed by atoms with van der Waals surface area (Å²) in [4.78, 5) is 3.50. The highest BCUT2D eigenvalue weighted by Gasteiger charge is 2.07. The van der Waals surface area contributed by atoms with Gasteiger partial charge in [-0.25, -0.2) is 0 Å². The molecule has 0 unspecified atom stereocenters. The van der Waals surface area contributed by atoms with Crippen LogP contribution in [-0.2, 0) is 13.1 Å². The standard InChI is InChI=1S/C13H14BrClN2S/c1-17(8-11-3-5-13(15)18-11)7-9-6-10(16)2-4-12(9)14/h2-6H,7-8,16H2,1H3. The van der Waals surface area contributed by atoms with Crippen LogP contribution >= 0.6 is 38.9 Å². The van der Waals surface area contributed by atoms with Gasteiger partial charge in [-0.3, -0.25) is 4.90 Å². The Bertz CT molecular complexity index is 542. The number of hydrogen-bond donors (Lipinski definition) is 1. The summed E-state index contributed by atoms with van der Waals surface area (Å²) in [5, 5.41) is 0. The highest BCUT2D eigenvalue weighted by Crippen LogP contribution is 2.24. The number of nitrogens with zero attached hydrogens (tertiary/aromatic N) is 1. The van der Waals surface area contributed by atoms with Crippen LogP contribution in [0.15, 0.2) is 34.8 Å². The van der Waals surface area contributed by atoms with E-state index in [0.29, 0.717) is 0 Å². The monoisotopic (exact) mass is 344 g/mol. The van der Waals surface area contributed by atoms with Gasteiger partial charge in [-0.15, -0.1) is 11.3 Å². The quantitative estimate of drug-likeness (QED) is 0.833. The van der Waals surface area contributed by atoms with Gasteiger partial charge in [0.05, 0.1) is 4.34 Å². The van der Waals surface area contributed by atoms with E-state index in [4.69, 9.17) is 17.3 Å². The predicted molar refractivity (Wildman–Crippen MR) is 83.1 cm³/mol. The minimum Gasteiger partial charge on any atom is -0.399 e. The molecule has 0 amide bonds. The Hall–Kier alpha value is -0.550. The van der Waals surface area contributed by atoms with Gasteiger partial charge in [0.15, 0.2) is 0 Å². The van der Waals surface area contributed by atoms with Gasteiger partial charge in [0, 0.05) is 28.1 Å². The predicted octanol–water partition coefficient (Wildman–Crippen LogP) is 4.38. The van der Waals surface area contributed by atoms with Crippen LogP contribution < -0.4 is 5.73 Å².